The third-order valence-electron chi connectivity index (χ3n) is 2.15. The van der Waals surface area contributed by atoms with Gasteiger partial charge in [0.05, 0.1) is 12.7 Å². The SMILES string of the molecule is C#CCCOC1CCCCC1. The first-order valence-electron chi connectivity index (χ1n) is 4.48. The fourth-order valence-corrected chi connectivity index (χ4v) is 1.52. The second kappa shape index (κ2) is 5.21. The van der Waals surface area contributed by atoms with Crippen LogP contribution in [0.5, 0.6) is 0 Å². The van der Waals surface area contributed by atoms with E-state index < -0.39 is 0 Å². The predicted molar refractivity (Wildman–Crippen MR) is 46.3 cm³/mol. The van der Waals surface area contributed by atoms with E-state index in [4.69, 9.17) is 11.2 Å². The highest BCUT2D eigenvalue weighted by atomic mass is 16.5. The van der Waals surface area contributed by atoms with E-state index in [1.165, 1.54) is 32.1 Å². The van der Waals surface area contributed by atoms with Gasteiger partial charge in [0, 0.05) is 6.42 Å². The maximum Gasteiger partial charge on any atom is 0.0579 e. The van der Waals surface area contributed by atoms with Crippen molar-refractivity contribution in [2.75, 3.05) is 6.61 Å². The fraction of sp³-hybridized carbons (Fsp3) is 0.800. The van der Waals surface area contributed by atoms with E-state index in [0.29, 0.717) is 6.10 Å². The number of rotatable bonds is 3. The Morgan fingerprint density at radius 3 is 2.64 bits per heavy atom. The lowest BCUT2D eigenvalue weighted by molar-refractivity contribution is 0.0320. The van der Waals surface area contributed by atoms with Crippen LogP contribution in [0.1, 0.15) is 38.5 Å². The summed E-state index contributed by atoms with van der Waals surface area (Å²) in [6.45, 7) is 0.751. The summed E-state index contributed by atoms with van der Waals surface area (Å²) >= 11 is 0. The fourth-order valence-electron chi connectivity index (χ4n) is 1.52. The van der Waals surface area contributed by atoms with Crippen LogP contribution in [-0.4, -0.2) is 12.7 Å². The first kappa shape index (κ1) is 8.62. The van der Waals surface area contributed by atoms with Gasteiger partial charge in [-0.15, -0.1) is 12.3 Å². The molecule has 1 aliphatic carbocycles. The average molecular weight is 152 g/mol. The molecule has 1 heteroatoms. The zero-order chi connectivity index (χ0) is 7.94. The summed E-state index contributed by atoms with van der Waals surface area (Å²) in [5.41, 5.74) is 0. The molecule has 0 unspecified atom stereocenters. The zero-order valence-corrected chi connectivity index (χ0v) is 7.01. The van der Waals surface area contributed by atoms with Crippen molar-refractivity contribution in [1.29, 1.82) is 0 Å². The molecular weight excluding hydrogens is 136 g/mol. The maximum atomic E-state index is 5.58. The van der Waals surface area contributed by atoms with E-state index in [1.54, 1.807) is 0 Å². The molecule has 1 nitrogen and oxygen atoms in total. The van der Waals surface area contributed by atoms with Crippen molar-refractivity contribution in [2.24, 2.45) is 0 Å². The lowest BCUT2D eigenvalue weighted by Gasteiger charge is -2.21. The van der Waals surface area contributed by atoms with E-state index in [1.807, 2.05) is 0 Å². The van der Waals surface area contributed by atoms with E-state index in [9.17, 15) is 0 Å². The van der Waals surface area contributed by atoms with Gasteiger partial charge < -0.3 is 4.74 Å². The standard InChI is InChI=1S/C10H16O/c1-2-3-9-11-10-7-5-4-6-8-10/h1,10H,3-9H2. The highest BCUT2D eigenvalue weighted by molar-refractivity contribution is 4.83. The molecule has 1 rings (SSSR count). The Morgan fingerprint density at radius 1 is 1.27 bits per heavy atom. The molecule has 0 aliphatic heterocycles. The molecule has 1 fully saturated rings. The minimum atomic E-state index is 0.511. The van der Waals surface area contributed by atoms with Gasteiger partial charge in [0.2, 0.25) is 0 Å². The molecule has 1 aliphatic rings. The van der Waals surface area contributed by atoms with Crippen molar-refractivity contribution in [2.45, 2.75) is 44.6 Å². The quantitative estimate of drug-likeness (QED) is 0.445. The molecule has 0 atom stereocenters. The van der Waals surface area contributed by atoms with Gasteiger partial charge in [-0.25, -0.2) is 0 Å². The Labute approximate surface area is 69.1 Å². The molecule has 0 aromatic rings. The van der Waals surface area contributed by atoms with Crippen LogP contribution in [0.25, 0.3) is 0 Å². The van der Waals surface area contributed by atoms with Crippen LogP contribution in [0.15, 0.2) is 0 Å². The van der Waals surface area contributed by atoms with E-state index >= 15 is 0 Å². The first-order valence-corrected chi connectivity index (χ1v) is 4.48. The number of hydrogen-bond donors (Lipinski definition) is 0. The smallest absolute Gasteiger partial charge is 0.0579 e. The minimum Gasteiger partial charge on any atom is -0.377 e. The molecule has 0 bridgehead atoms. The summed E-state index contributed by atoms with van der Waals surface area (Å²) in [7, 11) is 0. The Bertz CT molecular complexity index is 128. The second-order valence-electron chi connectivity index (χ2n) is 3.08. The lowest BCUT2D eigenvalue weighted by atomic mass is 9.98. The molecule has 0 saturated heterocycles. The lowest BCUT2D eigenvalue weighted by Crippen LogP contribution is -2.16. The van der Waals surface area contributed by atoms with E-state index in [2.05, 4.69) is 5.92 Å². The molecule has 62 valence electrons. The van der Waals surface area contributed by atoms with Crippen LogP contribution in [-0.2, 0) is 4.74 Å². The molecule has 0 radical (unpaired) electrons. The highest BCUT2D eigenvalue weighted by Crippen LogP contribution is 2.20. The Hall–Kier alpha value is -0.480. The molecule has 0 spiro atoms. The molecule has 11 heavy (non-hydrogen) atoms. The van der Waals surface area contributed by atoms with Gasteiger partial charge in [-0.3, -0.25) is 0 Å². The van der Waals surface area contributed by atoms with Crippen molar-refractivity contribution in [3.8, 4) is 12.3 Å². The molecule has 0 aromatic carbocycles. The van der Waals surface area contributed by atoms with Gasteiger partial charge in [0.25, 0.3) is 0 Å². The second-order valence-corrected chi connectivity index (χ2v) is 3.08. The average Bonchev–Trinajstić information content (AvgIpc) is 2.07. The normalized spacial score (nSPS) is 19.5. The summed E-state index contributed by atoms with van der Waals surface area (Å²) in [6, 6.07) is 0. The molecule has 0 amide bonds. The van der Waals surface area contributed by atoms with Gasteiger partial charge in [0.1, 0.15) is 0 Å². The number of terminal acetylenes is 1. The van der Waals surface area contributed by atoms with E-state index in [0.717, 1.165) is 13.0 Å². The Balaban J connectivity index is 2.01. The van der Waals surface area contributed by atoms with Crippen LogP contribution in [0.3, 0.4) is 0 Å². The Morgan fingerprint density at radius 2 is 2.00 bits per heavy atom. The third kappa shape index (κ3) is 3.43. The zero-order valence-electron chi connectivity index (χ0n) is 7.01. The predicted octanol–water partition coefficient (Wildman–Crippen LogP) is 2.36. The van der Waals surface area contributed by atoms with Crippen LogP contribution < -0.4 is 0 Å². The summed E-state index contributed by atoms with van der Waals surface area (Å²) in [6.07, 6.45) is 12.9. The number of ether oxygens (including phenoxy) is 1. The van der Waals surface area contributed by atoms with Gasteiger partial charge in [-0.05, 0) is 12.8 Å². The van der Waals surface area contributed by atoms with Gasteiger partial charge in [-0.1, -0.05) is 19.3 Å². The molecule has 0 heterocycles. The Kier molecular flexibility index (Phi) is 4.08. The molecule has 1 saturated carbocycles. The summed E-state index contributed by atoms with van der Waals surface area (Å²) < 4.78 is 5.58. The molecule has 0 aromatic heterocycles. The largest absolute Gasteiger partial charge is 0.377 e. The van der Waals surface area contributed by atoms with Crippen molar-refractivity contribution in [3.63, 3.8) is 0 Å². The third-order valence-corrected chi connectivity index (χ3v) is 2.15. The van der Waals surface area contributed by atoms with Crippen molar-refractivity contribution < 1.29 is 4.74 Å². The van der Waals surface area contributed by atoms with Gasteiger partial charge in [0.15, 0.2) is 0 Å². The highest BCUT2D eigenvalue weighted by Gasteiger charge is 2.12. The number of hydrogen-bond acceptors (Lipinski definition) is 1. The monoisotopic (exact) mass is 152 g/mol. The maximum absolute atomic E-state index is 5.58. The summed E-state index contributed by atoms with van der Waals surface area (Å²) in [5, 5.41) is 0. The topological polar surface area (TPSA) is 9.23 Å². The minimum absolute atomic E-state index is 0.511. The van der Waals surface area contributed by atoms with Crippen LogP contribution in [0.2, 0.25) is 0 Å². The molecular formula is C10H16O. The van der Waals surface area contributed by atoms with E-state index in [-0.39, 0.29) is 0 Å². The van der Waals surface area contributed by atoms with Gasteiger partial charge >= 0.3 is 0 Å². The van der Waals surface area contributed by atoms with Crippen molar-refractivity contribution >= 4 is 0 Å². The van der Waals surface area contributed by atoms with Crippen molar-refractivity contribution in [1.82, 2.24) is 0 Å². The molecule has 0 N–H and O–H groups in total. The van der Waals surface area contributed by atoms with Crippen LogP contribution >= 0.6 is 0 Å². The van der Waals surface area contributed by atoms with Crippen molar-refractivity contribution in [3.05, 3.63) is 0 Å². The van der Waals surface area contributed by atoms with Crippen LogP contribution in [0, 0.1) is 12.3 Å². The summed E-state index contributed by atoms with van der Waals surface area (Å²) in [5.74, 6) is 2.58. The summed E-state index contributed by atoms with van der Waals surface area (Å²) in [4.78, 5) is 0. The van der Waals surface area contributed by atoms with Crippen LogP contribution in [0.4, 0.5) is 0 Å². The van der Waals surface area contributed by atoms with Gasteiger partial charge in [-0.2, -0.15) is 0 Å². The first-order chi connectivity index (χ1) is 5.43.